The Kier molecular flexibility index (Phi) is 2.63. The van der Waals surface area contributed by atoms with Gasteiger partial charge in [0.05, 0.1) is 0 Å². The third-order valence-electron chi connectivity index (χ3n) is 7.38. The average Bonchev–Trinajstić information content (AvgIpc) is 2.74. The smallest absolute Gasteiger partial charge is 0.139 e. The number of hydrogen-bond acceptors (Lipinski definition) is 1. The summed E-state index contributed by atoms with van der Waals surface area (Å²) < 4.78 is 0. The van der Waals surface area contributed by atoms with Gasteiger partial charge in [-0.2, -0.15) is 0 Å². The van der Waals surface area contributed by atoms with Gasteiger partial charge in [-0.05, 0) is 61.7 Å². The summed E-state index contributed by atoms with van der Waals surface area (Å²) in [5.74, 6) is 2.55. The SMILES string of the molecule is C[C@@]12C(=O)CC[C@H]1CC=C1[C@@H]2CC[C@@H]2CC=CC[C@]12C. The minimum Gasteiger partial charge on any atom is -0.299 e. The predicted molar refractivity (Wildman–Crippen MR) is 81.2 cm³/mol. The molecule has 0 aromatic heterocycles. The van der Waals surface area contributed by atoms with Crippen molar-refractivity contribution in [3.05, 3.63) is 23.8 Å². The summed E-state index contributed by atoms with van der Waals surface area (Å²) in [5, 5.41) is 0. The van der Waals surface area contributed by atoms with E-state index >= 15 is 0 Å². The van der Waals surface area contributed by atoms with Crippen molar-refractivity contribution in [3.8, 4) is 0 Å². The van der Waals surface area contributed by atoms with Crippen LogP contribution in [0.1, 0.15) is 58.8 Å². The van der Waals surface area contributed by atoms with E-state index in [2.05, 4.69) is 32.1 Å². The van der Waals surface area contributed by atoms with Gasteiger partial charge in [-0.15, -0.1) is 0 Å². The summed E-state index contributed by atoms with van der Waals surface area (Å²) >= 11 is 0. The summed E-state index contributed by atoms with van der Waals surface area (Å²) in [5.41, 5.74) is 1.97. The van der Waals surface area contributed by atoms with Gasteiger partial charge >= 0.3 is 0 Å². The van der Waals surface area contributed by atoms with Crippen LogP contribution in [0.25, 0.3) is 0 Å². The van der Waals surface area contributed by atoms with Gasteiger partial charge in [0.25, 0.3) is 0 Å². The number of rotatable bonds is 0. The lowest BCUT2D eigenvalue weighted by atomic mass is 9.48. The van der Waals surface area contributed by atoms with E-state index in [0.717, 1.165) is 25.2 Å². The fourth-order valence-corrected chi connectivity index (χ4v) is 5.94. The minimum absolute atomic E-state index is 0.0285. The molecule has 0 amide bonds. The highest BCUT2D eigenvalue weighted by molar-refractivity contribution is 5.88. The van der Waals surface area contributed by atoms with Crippen LogP contribution < -0.4 is 0 Å². The summed E-state index contributed by atoms with van der Waals surface area (Å²) in [6.45, 7) is 4.77. The number of carbonyl (C=O) groups excluding carboxylic acids is 1. The Labute approximate surface area is 122 Å². The van der Waals surface area contributed by atoms with Gasteiger partial charge < -0.3 is 0 Å². The molecule has 1 heteroatoms. The van der Waals surface area contributed by atoms with Crippen LogP contribution in [0.2, 0.25) is 0 Å². The molecule has 0 saturated heterocycles. The molecule has 20 heavy (non-hydrogen) atoms. The molecule has 4 rings (SSSR count). The number of fused-ring (bicyclic) bond motifs is 5. The van der Waals surface area contributed by atoms with Crippen molar-refractivity contribution in [3.63, 3.8) is 0 Å². The lowest BCUT2D eigenvalue weighted by molar-refractivity contribution is -0.130. The third-order valence-corrected chi connectivity index (χ3v) is 7.38. The number of Topliss-reactive ketones (excluding diaryl/α,β-unsaturated/α-hetero) is 1. The van der Waals surface area contributed by atoms with Gasteiger partial charge in [0, 0.05) is 11.8 Å². The number of allylic oxidation sites excluding steroid dienone is 4. The van der Waals surface area contributed by atoms with Crippen LogP contribution in [-0.4, -0.2) is 5.78 Å². The molecule has 0 N–H and O–H groups in total. The highest BCUT2D eigenvalue weighted by atomic mass is 16.1. The van der Waals surface area contributed by atoms with Crippen LogP contribution in [0.4, 0.5) is 0 Å². The van der Waals surface area contributed by atoms with Crippen LogP contribution in [0, 0.1) is 28.6 Å². The zero-order valence-corrected chi connectivity index (χ0v) is 12.8. The molecule has 0 radical (unpaired) electrons. The van der Waals surface area contributed by atoms with E-state index in [1.165, 1.54) is 25.7 Å². The molecule has 0 aliphatic heterocycles. The molecule has 0 bridgehead atoms. The first-order valence-electron chi connectivity index (χ1n) is 8.45. The lowest BCUT2D eigenvalue weighted by Crippen LogP contribution is -2.49. The predicted octanol–water partition coefficient (Wildman–Crippen LogP) is 4.68. The quantitative estimate of drug-likeness (QED) is 0.584. The molecule has 2 saturated carbocycles. The van der Waals surface area contributed by atoms with Crippen LogP contribution in [0.15, 0.2) is 23.8 Å². The lowest BCUT2D eigenvalue weighted by Gasteiger charge is -2.55. The van der Waals surface area contributed by atoms with Crippen molar-refractivity contribution in [2.75, 3.05) is 0 Å². The Morgan fingerprint density at radius 1 is 1.05 bits per heavy atom. The Hall–Kier alpha value is -0.850. The largest absolute Gasteiger partial charge is 0.299 e. The van der Waals surface area contributed by atoms with E-state index in [1.54, 1.807) is 5.57 Å². The number of carbonyl (C=O) groups is 1. The first-order chi connectivity index (χ1) is 9.57. The molecule has 1 nitrogen and oxygen atoms in total. The molecule has 0 aromatic rings. The monoisotopic (exact) mass is 270 g/mol. The minimum atomic E-state index is -0.0285. The molecule has 4 aliphatic rings. The van der Waals surface area contributed by atoms with Crippen LogP contribution in [-0.2, 0) is 4.79 Å². The molecular weight excluding hydrogens is 244 g/mol. The van der Waals surface area contributed by atoms with Crippen molar-refractivity contribution in [1.82, 2.24) is 0 Å². The summed E-state index contributed by atoms with van der Waals surface area (Å²) in [7, 11) is 0. The molecule has 0 unspecified atom stereocenters. The molecule has 0 heterocycles. The summed E-state index contributed by atoms with van der Waals surface area (Å²) in [4.78, 5) is 12.6. The maximum Gasteiger partial charge on any atom is 0.139 e. The summed E-state index contributed by atoms with van der Waals surface area (Å²) in [6.07, 6.45) is 15.4. The van der Waals surface area contributed by atoms with Crippen molar-refractivity contribution in [2.45, 2.75) is 58.8 Å². The van der Waals surface area contributed by atoms with Crippen LogP contribution >= 0.6 is 0 Å². The number of hydrogen-bond donors (Lipinski definition) is 0. The average molecular weight is 270 g/mol. The Morgan fingerprint density at radius 2 is 1.90 bits per heavy atom. The van der Waals surface area contributed by atoms with Crippen molar-refractivity contribution >= 4 is 5.78 Å². The van der Waals surface area contributed by atoms with Crippen molar-refractivity contribution in [1.29, 1.82) is 0 Å². The van der Waals surface area contributed by atoms with Gasteiger partial charge in [0.1, 0.15) is 5.78 Å². The standard InChI is InChI=1S/C19H26O/c1-18-12-4-3-5-13(18)6-10-16-15(18)9-7-14-8-11-17(20)19(14,16)2/h3-4,9,13-14,16H,5-8,10-12H2,1-2H3/t13-,14+,16-,18-,19+/m0/s1. The highest BCUT2D eigenvalue weighted by Crippen LogP contribution is 2.63. The van der Waals surface area contributed by atoms with E-state index in [-0.39, 0.29) is 5.41 Å². The fraction of sp³-hybridized carbons (Fsp3) is 0.737. The molecular formula is C19H26O. The van der Waals surface area contributed by atoms with Gasteiger partial charge in [0.15, 0.2) is 0 Å². The van der Waals surface area contributed by atoms with Gasteiger partial charge in [-0.1, -0.05) is 37.6 Å². The number of ketones is 1. The molecule has 2 fully saturated rings. The van der Waals surface area contributed by atoms with Gasteiger partial charge in [0.2, 0.25) is 0 Å². The fourth-order valence-electron chi connectivity index (χ4n) is 5.94. The normalized spacial score (nSPS) is 50.2. The van der Waals surface area contributed by atoms with Gasteiger partial charge in [-0.25, -0.2) is 0 Å². The van der Waals surface area contributed by atoms with E-state index in [0.29, 0.717) is 23.0 Å². The Bertz CT molecular complexity index is 514. The summed E-state index contributed by atoms with van der Waals surface area (Å²) in [6, 6.07) is 0. The van der Waals surface area contributed by atoms with Crippen molar-refractivity contribution < 1.29 is 4.79 Å². The Balaban J connectivity index is 1.79. The van der Waals surface area contributed by atoms with Crippen LogP contribution in [0.5, 0.6) is 0 Å². The van der Waals surface area contributed by atoms with Gasteiger partial charge in [-0.3, -0.25) is 4.79 Å². The second-order valence-electron chi connectivity index (χ2n) is 7.99. The third kappa shape index (κ3) is 1.42. The van der Waals surface area contributed by atoms with Crippen LogP contribution in [0.3, 0.4) is 0 Å². The molecule has 4 aliphatic carbocycles. The Morgan fingerprint density at radius 3 is 2.75 bits per heavy atom. The second-order valence-corrected chi connectivity index (χ2v) is 7.99. The first kappa shape index (κ1) is 12.9. The van der Waals surface area contributed by atoms with E-state index < -0.39 is 0 Å². The maximum atomic E-state index is 12.6. The zero-order chi connectivity index (χ0) is 14.0. The molecule has 5 atom stereocenters. The second kappa shape index (κ2) is 4.08. The van der Waals surface area contributed by atoms with E-state index in [1.807, 2.05) is 0 Å². The highest BCUT2D eigenvalue weighted by Gasteiger charge is 2.58. The first-order valence-corrected chi connectivity index (χ1v) is 8.45. The van der Waals surface area contributed by atoms with Crippen molar-refractivity contribution in [2.24, 2.45) is 28.6 Å². The van der Waals surface area contributed by atoms with E-state index in [9.17, 15) is 4.79 Å². The zero-order valence-electron chi connectivity index (χ0n) is 12.8. The molecule has 108 valence electrons. The van der Waals surface area contributed by atoms with E-state index in [4.69, 9.17) is 0 Å². The maximum absolute atomic E-state index is 12.6. The molecule has 0 spiro atoms. The topological polar surface area (TPSA) is 17.1 Å². The molecule has 0 aromatic carbocycles.